The highest BCUT2D eigenvalue weighted by Gasteiger charge is 2.75. The molecule has 0 rings (SSSR count). The normalized spacial score (nSPS) is 13.2. The van der Waals surface area contributed by atoms with E-state index in [2.05, 4.69) is 16.1 Å². The summed E-state index contributed by atoms with van der Waals surface area (Å²) in [5.41, 5.74) is -5.55. The van der Waals surface area contributed by atoms with E-state index in [0.29, 0.717) is 0 Å². The summed E-state index contributed by atoms with van der Waals surface area (Å²) in [7, 11) is -6.09. The van der Waals surface area contributed by atoms with Crippen LogP contribution in [-0.2, 0) is 29.2 Å². The molecule has 0 spiro atoms. The summed E-state index contributed by atoms with van der Waals surface area (Å²) < 4.78 is 117. The molecule has 0 amide bonds. The summed E-state index contributed by atoms with van der Waals surface area (Å²) in [4.78, 5) is 22.3. The molecule has 0 atom stereocenters. The first kappa shape index (κ1) is 24.2. The lowest BCUT2D eigenvalue weighted by Crippen LogP contribution is -2.63. The Kier molecular flexibility index (Phi) is 7.66. The maximum atomic E-state index is 12.9. The van der Waals surface area contributed by atoms with E-state index in [9.17, 15) is 48.9 Å². The third-order valence-electron chi connectivity index (χ3n) is 2.69. The molecule has 0 aromatic rings. The number of carbonyl (C=O) groups is 2. The summed E-state index contributed by atoms with van der Waals surface area (Å²) in [5.74, 6) is -6.06. The zero-order chi connectivity index (χ0) is 21.0. The maximum Gasteiger partial charge on any atom is 0.438 e. The average molecular weight is 415 g/mol. The highest BCUT2D eigenvalue weighted by Crippen LogP contribution is 2.47. The topological polar surface area (TPSA) is 110 Å². The van der Waals surface area contributed by atoms with E-state index in [1.165, 1.54) is 6.92 Å². The van der Waals surface area contributed by atoms with Crippen molar-refractivity contribution >= 4 is 22.1 Å². The van der Waals surface area contributed by atoms with E-state index in [1.807, 2.05) is 0 Å². The quantitative estimate of drug-likeness (QED) is 0.196. The Labute approximate surface area is 143 Å². The number of rotatable bonds is 8. The van der Waals surface area contributed by atoms with Crippen LogP contribution in [-0.4, -0.2) is 55.2 Å². The summed E-state index contributed by atoms with van der Waals surface area (Å²) in [5, 5.41) is 0. The van der Waals surface area contributed by atoms with Crippen molar-refractivity contribution in [1.82, 2.24) is 0 Å². The van der Waals surface area contributed by atoms with Crippen LogP contribution < -0.4 is 0 Å². The molecule has 0 aromatic carbocycles. The molecule has 0 radical (unpaired) electrons. The second-order valence-electron chi connectivity index (χ2n) is 5.02. The zero-order valence-corrected chi connectivity index (χ0v) is 13.9. The van der Waals surface area contributed by atoms with E-state index in [0.717, 1.165) is 0 Å². The Morgan fingerprint density at radius 2 is 1.54 bits per heavy atom. The largest absolute Gasteiger partial charge is 0.748 e. The Bertz CT molecular complexity index is 636. The number of esters is 2. The molecule has 0 fully saturated rings. The molecule has 0 aliphatic carbocycles. The van der Waals surface area contributed by atoms with Crippen LogP contribution in [0, 0.1) is 0 Å². The minimum atomic E-state index is -6.43. The smallest absolute Gasteiger partial charge is 0.438 e. The molecule has 0 saturated heterocycles. The lowest BCUT2D eigenvalue weighted by atomic mass is 10.1. The van der Waals surface area contributed by atoms with Gasteiger partial charge in [0, 0.05) is 12.0 Å². The Hall–Kier alpha value is -1.83. The van der Waals surface area contributed by atoms with Gasteiger partial charge in [0.25, 0.3) is 0 Å². The molecule has 0 aliphatic heterocycles. The Balaban J connectivity index is 5.28. The summed E-state index contributed by atoms with van der Waals surface area (Å²) in [6.07, 6.45) is -14.4. The minimum Gasteiger partial charge on any atom is -0.748 e. The van der Waals surface area contributed by atoms with Crippen LogP contribution in [0.3, 0.4) is 0 Å². The fraction of sp³-hybridized carbons (Fsp3) is 0.667. The summed E-state index contributed by atoms with van der Waals surface area (Å²) in [6.45, 7) is 3.92. The van der Waals surface area contributed by atoms with Gasteiger partial charge in [-0.2, -0.15) is 26.3 Å². The third kappa shape index (κ3) is 6.82. The van der Waals surface area contributed by atoms with Crippen LogP contribution in [0.4, 0.5) is 26.3 Å². The minimum absolute atomic E-state index is 0.0404. The first-order chi connectivity index (χ1) is 11.4. The van der Waals surface area contributed by atoms with Crippen molar-refractivity contribution in [3.8, 4) is 0 Å². The van der Waals surface area contributed by atoms with Crippen molar-refractivity contribution < 1.29 is 58.4 Å². The molecular weight excluding hydrogens is 402 g/mol. The number of hydrogen-bond acceptors (Lipinski definition) is 7. The van der Waals surface area contributed by atoms with E-state index in [4.69, 9.17) is 0 Å². The van der Waals surface area contributed by atoms with Crippen molar-refractivity contribution in [1.29, 1.82) is 0 Å². The lowest BCUT2D eigenvalue weighted by Gasteiger charge is -2.36. The van der Waals surface area contributed by atoms with E-state index < -0.39 is 65.2 Å². The van der Waals surface area contributed by atoms with Crippen molar-refractivity contribution in [2.45, 2.75) is 37.7 Å². The van der Waals surface area contributed by atoms with Crippen LogP contribution in [0.5, 0.6) is 0 Å². The van der Waals surface area contributed by atoms with Crippen LogP contribution >= 0.6 is 0 Å². The van der Waals surface area contributed by atoms with Gasteiger partial charge in [0.1, 0.15) is 0 Å². The molecule has 0 bridgehead atoms. The molecule has 0 saturated carbocycles. The molecule has 14 heteroatoms. The standard InChI is InChI=1S/C12H14F6O7S/c1-7(2)9(20)24-5-3-4-8(19)25-10(11(13,14)15,12(16,17)18)6-26(21,22)23/h1,3-6H2,2H3,(H,21,22,23)/p-1. The molecule has 0 N–H and O–H groups in total. The molecule has 0 aliphatic rings. The van der Waals surface area contributed by atoms with Gasteiger partial charge in [0.05, 0.1) is 22.5 Å². The lowest BCUT2D eigenvalue weighted by molar-refractivity contribution is -0.361. The number of ether oxygens (including phenoxy) is 2. The van der Waals surface area contributed by atoms with Crippen molar-refractivity contribution in [2.24, 2.45) is 0 Å². The van der Waals surface area contributed by atoms with Gasteiger partial charge in [-0.25, -0.2) is 13.2 Å². The highest BCUT2D eigenvalue weighted by molar-refractivity contribution is 7.85. The van der Waals surface area contributed by atoms with E-state index in [-0.39, 0.29) is 5.57 Å². The molecule has 0 unspecified atom stereocenters. The molecule has 152 valence electrons. The molecule has 0 aromatic heterocycles. The second-order valence-corrected chi connectivity index (χ2v) is 6.42. The maximum absolute atomic E-state index is 12.9. The van der Waals surface area contributed by atoms with Gasteiger partial charge in [-0.3, -0.25) is 4.79 Å². The van der Waals surface area contributed by atoms with Gasteiger partial charge < -0.3 is 14.0 Å². The highest BCUT2D eigenvalue weighted by atomic mass is 32.2. The number of hydrogen-bond donors (Lipinski definition) is 0. The van der Waals surface area contributed by atoms with Gasteiger partial charge in [0.2, 0.25) is 0 Å². The summed E-state index contributed by atoms with van der Waals surface area (Å²) >= 11 is 0. The van der Waals surface area contributed by atoms with E-state index in [1.54, 1.807) is 0 Å². The summed E-state index contributed by atoms with van der Waals surface area (Å²) in [6, 6.07) is 0. The first-order valence-corrected chi connectivity index (χ1v) is 8.12. The van der Waals surface area contributed by atoms with Crippen molar-refractivity contribution in [3.63, 3.8) is 0 Å². The fourth-order valence-electron chi connectivity index (χ4n) is 1.47. The Morgan fingerprint density at radius 1 is 1.08 bits per heavy atom. The SMILES string of the molecule is C=C(C)C(=O)OCCCC(=O)OC(CS(=O)(=O)[O-])(C(F)(F)F)C(F)(F)F. The average Bonchev–Trinajstić information content (AvgIpc) is 2.38. The van der Waals surface area contributed by atoms with Crippen LogP contribution in [0.15, 0.2) is 12.2 Å². The Morgan fingerprint density at radius 3 is 1.88 bits per heavy atom. The van der Waals surface area contributed by atoms with Crippen molar-refractivity contribution in [3.05, 3.63) is 12.2 Å². The van der Waals surface area contributed by atoms with Gasteiger partial charge in [-0.15, -0.1) is 0 Å². The number of halogens is 6. The molecule has 26 heavy (non-hydrogen) atoms. The monoisotopic (exact) mass is 415 g/mol. The second kappa shape index (κ2) is 8.24. The fourth-order valence-corrected chi connectivity index (χ4v) is 2.35. The van der Waals surface area contributed by atoms with Gasteiger partial charge >= 0.3 is 29.9 Å². The molecular formula is C12H13F6O7S-. The van der Waals surface area contributed by atoms with Crippen LogP contribution in [0.2, 0.25) is 0 Å². The van der Waals surface area contributed by atoms with E-state index >= 15 is 0 Å². The van der Waals surface area contributed by atoms with Crippen LogP contribution in [0.25, 0.3) is 0 Å². The van der Waals surface area contributed by atoms with Gasteiger partial charge in [-0.05, 0) is 13.3 Å². The molecule has 0 heterocycles. The first-order valence-electron chi connectivity index (χ1n) is 6.54. The van der Waals surface area contributed by atoms with Crippen LogP contribution in [0.1, 0.15) is 19.8 Å². The molecule has 7 nitrogen and oxygen atoms in total. The predicted molar refractivity (Wildman–Crippen MR) is 70.5 cm³/mol. The number of alkyl halides is 6. The predicted octanol–water partition coefficient (Wildman–Crippen LogP) is 1.84. The van der Waals surface area contributed by atoms with Gasteiger partial charge in [0.15, 0.2) is 0 Å². The van der Waals surface area contributed by atoms with Crippen molar-refractivity contribution in [2.75, 3.05) is 12.4 Å². The number of carbonyl (C=O) groups excluding carboxylic acids is 2. The third-order valence-corrected chi connectivity index (χ3v) is 3.45. The van der Waals surface area contributed by atoms with Gasteiger partial charge in [-0.1, -0.05) is 6.58 Å². The zero-order valence-electron chi connectivity index (χ0n) is 13.1.